The van der Waals surface area contributed by atoms with Gasteiger partial charge < -0.3 is 29.0 Å². The van der Waals surface area contributed by atoms with Crippen molar-refractivity contribution in [2.75, 3.05) is 33.3 Å². The highest BCUT2D eigenvalue weighted by atomic mass is 16.5. The number of aromatic nitrogens is 1. The molecular formula is C26H24N2O6. The number of benzene rings is 3. The number of amides is 1. The van der Waals surface area contributed by atoms with Crippen molar-refractivity contribution in [2.45, 2.75) is 0 Å². The maximum atomic E-state index is 12.3. The fraction of sp³-hybridized carbons (Fsp3) is 0.154. The number of para-hydroxylation sites is 2. The molecule has 0 bridgehead atoms. The lowest BCUT2D eigenvalue weighted by atomic mass is 10.2. The molecule has 0 aliphatic carbocycles. The number of methoxy groups -OCH3 is 3. The minimum absolute atomic E-state index is 0.146. The van der Waals surface area contributed by atoms with Crippen molar-refractivity contribution in [1.29, 1.82) is 0 Å². The summed E-state index contributed by atoms with van der Waals surface area (Å²) in [6, 6.07) is 19.6. The molecular weight excluding hydrogens is 436 g/mol. The van der Waals surface area contributed by atoms with Crippen LogP contribution < -0.4 is 29.0 Å². The number of hydrogen-bond donors (Lipinski definition) is 1. The third-order valence-electron chi connectivity index (χ3n) is 5.00. The van der Waals surface area contributed by atoms with E-state index in [1.165, 1.54) is 0 Å². The van der Waals surface area contributed by atoms with E-state index in [4.69, 9.17) is 23.7 Å². The maximum Gasteiger partial charge on any atom is 0.262 e. The molecule has 0 saturated carbocycles. The van der Waals surface area contributed by atoms with Gasteiger partial charge in [0.15, 0.2) is 29.6 Å². The number of hydrogen-bond acceptors (Lipinski definition) is 7. The van der Waals surface area contributed by atoms with E-state index >= 15 is 0 Å². The molecule has 1 heterocycles. The standard InChI is InChI=1S/C26H24N2O6/c1-30-22-6-4-5-7-23(22)33-16-26(29)28-17-8-10-18(11-9-17)34-21-12-13-27-20-15-25(32-3)24(31-2)14-19(20)21/h4-15H,16H2,1-3H3,(H,28,29). The van der Waals surface area contributed by atoms with Crippen molar-refractivity contribution in [3.8, 4) is 34.5 Å². The summed E-state index contributed by atoms with van der Waals surface area (Å²) in [6.45, 7) is -0.146. The Morgan fingerprint density at radius 3 is 2.18 bits per heavy atom. The predicted molar refractivity (Wildman–Crippen MR) is 128 cm³/mol. The second-order valence-electron chi connectivity index (χ2n) is 7.15. The summed E-state index contributed by atoms with van der Waals surface area (Å²) in [7, 11) is 4.71. The Kier molecular flexibility index (Phi) is 6.98. The number of nitrogens with one attached hydrogen (secondary N) is 1. The Balaban J connectivity index is 1.42. The molecule has 4 rings (SSSR count). The van der Waals surface area contributed by atoms with Crippen LogP contribution in [0.15, 0.2) is 72.9 Å². The van der Waals surface area contributed by atoms with Crippen LogP contribution in [-0.4, -0.2) is 38.8 Å². The molecule has 0 spiro atoms. The second kappa shape index (κ2) is 10.4. The highest BCUT2D eigenvalue weighted by Gasteiger charge is 2.12. The van der Waals surface area contributed by atoms with Crippen LogP contribution in [0.25, 0.3) is 10.9 Å². The van der Waals surface area contributed by atoms with Crippen molar-refractivity contribution >= 4 is 22.5 Å². The number of fused-ring (bicyclic) bond motifs is 1. The molecule has 3 aromatic carbocycles. The average molecular weight is 460 g/mol. The van der Waals surface area contributed by atoms with Gasteiger partial charge in [0.25, 0.3) is 5.91 Å². The first-order valence-electron chi connectivity index (χ1n) is 10.5. The molecule has 174 valence electrons. The van der Waals surface area contributed by atoms with Gasteiger partial charge in [0, 0.05) is 23.3 Å². The Bertz CT molecular complexity index is 1290. The van der Waals surface area contributed by atoms with Crippen LogP contribution >= 0.6 is 0 Å². The van der Waals surface area contributed by atoms with Crippen LogP contribution in [0.1, 0.15) is 0 Å². The zero-order chi connectivity index (χ0) is 23.9. The van der Waals surface area contributed by atoms with Crippen LogP contribution in [0.4, 0.5) is 5.69 Å². The Hall–Kier alpha value is -4.46. The van der Waals surface area contributed by atoms with Gasteiger partial charge in [0.05, 0.1) is 26.8 Å². The Morgan fingerprint density at radius 2 is 1.47 bits per heavy atom. The molecule has 0 radical (unpaired) electrons. The summed E-state index contributed by atoms with van der Waals surface area (Å²) in [5.41, 5.74) is 1.33. The zero-order valence-corrected chi connectivity index (χ0v) is 19.0. The second-order valence-corrected chi connectivity index (χ2v) is 7.15. The van der Waals surface area contributed by atoms with Crippen molar-refractivity contribution < 1.29 is 28.5 Å². The first kappa shape index (κ1) is 22.7. The molecule has 4 aromatic rings. The van der Waals surface area contributed by atoms with E-state index in [1.807, 2.05) is 18.2 Å². The highest BCUT2D eigenvalue weighted by Crippen LogP contribution is 2.37. The Labute approximate surface area is 197 Å². The number of rotatable bonds is 9. The maximum absolute atomic E-state index is 12.3. The van der Waals surface area contributed by atoms with E-state index in [1.54, 1.807) is 76.1 Å². The molecule has 0 unspecified atom stereocenters. The number of pyridine rings is 1. The summed E-state index contributed by atoms with van der Waals surface area (Å²) >= 11 is 0. The molecule has 8 heteroatoms. The normalized spacial score (nSPS) is 10.4. The van der Waals surface area contributed by atoms with Gasteiger partial charge in [0.2, 0.25) is 0 Å². The van der Waals surface area contributed by atoms with Gasteiger partial charge in [-0.15, -0.1) is 0 Å². The molecule has 0 fully saturated rings. The Morgan fingerprint density at radius 1 is 0.794 bits per heavy atom. The number of ether oxygens (including phenoxy) is 5. The molecule has 0 atom stereocenters. The van der Waals surface area contributed by atoms with Crippen molar-refractivity contribution in [1.82, 2.24) is 4.98 Å². The summed E-state index contributed by atoms with van der Waals surface area (Å²) in [5, 5.41) is 3.58. The van der Waals surface area contributed by atoms with E-state index in [2.05, 4.69) is 10.3 Å². The summed E-state index contributed by atoms with van der Waals surface area (Å²) < 4.78 is 27.6. The van der Waals surface area contributed by atoms with Gasteiger partial charge in [0.1, 0.15) is 11.5 Å². The lowest BCUT2D eigenvalue weighted by Gasteiger charge is -2.13. The van der Waals surface area contributed by atoms with Crippen molar-refractivity contribution in [2.24, 2.45) is 0 Å². The summed E-state index contributed by atoms with van der Waals surface area (Å²) in [5.74, 6) is 3.18. The van der Waals surface area contributed by atoms with E-state index in [0.29, 0.717) is 45.7 Å². The molecule has 1 aromatic heterocycles. The average Bonchev–Trinajstić information content (AvgIpc) is 2.88. The quantitative estimate of drug-likeness (QED) is 0.373. The highest BCUT2D eigenvalue weighted by molar-refractivity contribution is 5.92. The number of carbonyl (C=O) groups excluding carboxylic acids is 1. The molecule has 0 aliphatic heterocycles. The molecule has 8 nitrogen and oxygen atoms in total. The van der Waals surface area contributed by atoms with Gasteiger partial charge in [-0.05, 0) is 48.5 Å². The summed E-state index contributed by atoms with van der Waals surface area (Å²) in [6.07, 6.45) is 1.67. The first-order chi connectivity index (χ1) is 16.6. The van der Waals surface area contributed by atoms with E-state index in [-0.39, 0.29) is 12.5 Å². The zero-order valence-electron chi connectivity index (χ0n) is 19.0. The van der Waals surface area contributed by atoms with Crippen LogP contribution in [-0.2, 0) is 4.79 Å². The number of carbonyl (C=O) groups is 1. The molecule has 0 aliphatic rings. The molecule has 1 amide bonds. The topological polar surface area (TPSA) is 88.1 Å². The monoisotopic (exact) mass is 460 g/mol. The van der Waals surface area contributed by atoms with Gasteiger partial charge in [-0.3, -0.25) is 9.78 Å². The minimum Gasteiger partial charge on any atom is -0.493 e. The molecule has 34 heavy (non-hydrogen) atoms. The summed E-state index contributed by atoms with van der Waals surface area (Å²) in [4.78, 5) is 16.7. The largest absolute Gasteiger partial charge is 0.493 e. The van der Waals surface area contributed by atoms with Crippen molar-refractivity contribution in [3.63, 3.8) is 0 Å². The van der Waals surface area contributed by atoms with Crippen LogP contribution in [0.5, 0.6) is 34.5 Å². The molecule has 0 saturated heterocycles. The SMILES string of the molecule is COc1cc2nccc(Oc3ccc(NC(=O)COc4ccccc4OC)cc3)c2cc1OC. The fourth-order valence-electron chi connectivity index (χ4n) is 3.35. The lowest BCUT2D eigenvalue weighted by molar-refractivity contribution is -0.118. The van der Waals surface area contributed by atoms with Gasteiger partial charge in [-0.2, -0.15) is 0 Å². The fourth-order valence-corrected chi connectivity index (χ4v) is 3.35. The van der Waals surface area contributed by atoms with E-state index < -0.39 is 0 Å². The smallest absolute Gasteiger partial charge is 0.262 e. The van der Waals surface area contributed by atoms with Crippen LogP contribution in [0.3, 0.4) is 0 Å². The van der Waals surface area contributed by atoms with Gasteiger partial charge in [-0.1, -0.05) is 12.1 Å². The lowest BCUT2D eigenvalue weighted by Crippen LogP contribution is -2.20. The predicted octanol–water partition coefficient (Wildman–Crippen LogP) is 5.07. The van der Waals surface area contributed by atoms with Crippen molar-refractivity contribution in [3.05, 3.63) is 72.9 Å². The minimum atomic E-state index is -0.291. The van der Waals surface area contributed by atoms with Gasteiger partial charge in [-0.25, -0.2) is 0 Å². The molecule has 1 N–H and O–H groups in total. The third kappa shape index (κ3) is 5.12. The van der Waals surface area contributed by atoms with E-state index in [0.717, 1.165) is 5.39 Å². The number of nitrogens with zero attached hydrogens (tertiary/aromatic N) is 1. The number of anilines is 1. The first-order valence-corrected chi connectivity index (χ1v) is 10.5. The van der Waals surface area contributed by atoms with E-state index in [9.17, 15) is 4.79 Å². The van der Waals surface area contributed by atoms with Crippen LogP contribution in [0, 0.1) is 0 Å². The third-order valence-corrected chi connectivity index (χ3v) is 5.00. The van der Waals surface area contributed by atoms with Crippen LogP contribution in [0.2, 0.25) is 0 Å². The van der Waals surface area contributed by atoms with Gasteiger partial charge >= 0.3 is 0 Å².